The Morgan fingerprint density at radius 2 is 2.00 bits per heavy atom. The van der Waals surface area contributed by atoms with Crippen molar-refractivity contribution in [1.29, 1.82) is 0 Å². The first-order valence-electron chi connectivity index (χ1n) is 5.81. The Hall–Kier alpha value is -2.04. The molecule has 5 heteroatoms. The monoisotopic (exact) mass is 250 g/mol. The van der Waals surface area contributed by atoms with Gasteiger partial charge in [0.2, 0.25) is 11.8 Å². The van der Waals surface area contributed by atoms with Crippen LogP contribution in [0.3, 0.4) is 0 Å². The first-order valence-corrected chi connectivity index (χ1v) is 5.81. The highest BCUT2D eigenvalue weighted by Crippen LogP contribution is 2.23. The summed E-state index contributed by atoms with van der Waals surface area (Å²) in [4.78, 5) is 22.3. The molecule has 0 spiro atoms. The van der Waals surface area contributed by atoms with Crippen molar-refractivity contribution in [2.24, 2.45) is 0 Å². The summed E-state index contributed by atoms with van der Waals surface area (Å²) in [7, 11) is 1.56. The number of hydrogen-bond acceptors (Lipinski definition) is 3. The molecule has 1 rings (SSSR count). The van der Waals surface area contributed by atoms with Crippen LogP contribution in [0.2, 0.25) is 0 Å². The molecule has 0 radical (unpaired) electrons. The molecule has 0 unspecified atom stereocenters. The lowest BCUT2D eigenvalue weighted by Gasteiger charge is -2.09. The first-order chi connectivity index (χ1) is 8.63. The van der Waals surface area contributed by atoms with Crippen molar-refractivity contribution in [1.82, 2.24) is 5.32 Å². The Balaban J connectivity index is 2.37. The Bertz CT molecular complexity index is 418. The Morgan fingerprint density at radius 3 is 2.67 bits per heavy atom. The SMILES string of the molecule is COc1ccccc1NC(=O)CCCNC(C)=O. The molecule has 0 heterocycles. The summed E-state index contributed by atoms with van der Waals surface area (Å²) in [5.41, 5.74) is 0.657. The summed E-state index contributed by atoms with van der Waals surface area (Å²) < 4.78 is 5.13. The maximum Gasteiger partial charge on any atom is 0.224 e. The predicted molar refractivity (Wildman–Crippen MR) is 69.5 cm³/mol. The zero-order chi connectivity index (χ0) is 13.4. The van der Waals surface area contributed by atoms with Gasteiger partial charge >= 0.3 is 0 Å². The van der Waals surface area contributed by atoms with E-state index in [-0.39, 0.29) is 11.8 Å². The summed E-state index contributed by atoms with van der Waals surface area (Å²) in [6.45, 7) is 1.96. The van der Waals surface area contributed by atoms with Gasteiger partial charge in [-0.25, -0.2) is 0 Å². The van der Waals surface area contributed by atoms with Crippen LogP contribution in [0.1, 0.15) is 19.8 Å². The molecule has 2 N–H and O–H groups in total. The Labute approximate surface area is 107 Å². The molecule has 98 valence electrons. The molecule has 0 aliphatic heterocycles. The zero-order valence-electron chi connectivity index (χ0n) is 10.7. The second-order valence-corrected chi connectivity index (χ2v) is 3.83. The van der Waals surface area contributed by atoms with E-state index in [2.05, 4.69) is 10.6 Å². The molecule has 1 aromatic rings. The Morgan fingerprint density at radius 1 is 1.28 bits per heavy atom. The lowest BCUT2D eigenvalue weighted by atomic mass is 10.2. The normalized spacial score (nSPS) is 9.67. The quantitative estimate of drug-likeness (QED) is 0.753. The van der Waals surface area contributed by atoms with Crippen LogP contribution < -0.4 is 15.4 Å². The second-order valence-electron chi connectivity index (χ2n) is 3.83. The van der Waals surface area contributed by atoms with Crippen molar-refractivity contribution in [2.75, 3.05) is 19.0 Å². The number of amides is 2. The van der Waals surface area contributed by atoms with Crippen molar-refractivity contribution < 1.29 is 14.3 Å². The number of benzene rings is 1. The average molecular weight is 250 g/mol. The van der Waals surface area contributed by atoms with Crippen LogP contribution in [0.5, 0.6) is 5.75 Å². The molecule has 2 amide bonds. The molecule has 0 aliphatic carbocycles. The van der Waals surface area contributed by atoms with E-state index >= 15 is 0 Å². The van der Waals surface area contributed by atoms with Gasteiger partial charge in [-0.3, -0.25) is 9.59 Å². The van der Waals surface area contributed by atoms with Crippen molar-refractivity contribution in [3.05, 3.63) is 24.3 Å². The van der Waals surface area contributed by atoms with E-state index in [4.69, 9.17) is 4.74 Å². The molecule has 1 aromatic carbocycles. The average Bonchev–Trinajstić information content (AvgIpc) is 2.35. The third-order valence-electron chi connectivity index (χ3n) is 2.34. The van der Waals surface area contributed by atoms with E-state index in [9.17, 15) is 9.59 Å². The standard InChI is InChI=1S/C13H18N2O3/c1-10(16)14-9-5-8-13(17)15-11-6-3-4-7-12(11)18-2/h3-4,6-7H,5,8-9H2,1-2H3,(H,14,16)(H,15,17). The highest BCUT2D eigenvalue weighted by molar-refractivity contribution is 5.92. The minimum atomic E-state index is -0.0927. The molecule has 0 bridgehead atoms. The minimum Gasteiger partial charge on any atom is -0.495 e. The number of anilines is 1. The van der Waals surface area contributed by atoms with Crippen LogP contribution in [0, 0.1) is 0 Å². The van der Waals surface area contributed by atoms with Crippen LogP contribution in [-0.2, 0) is 9.59 Å². The van der Waals surface area contributed by atoms with E-state index in [1.807, 2.05) is 12.1 Å². The van der Waals surface area contributed by atoms with Gasteiger partial charge in [0.15, 0.2) is 0 Å². The molecule has 5 nitrogen and oxygen atoms in total. The maximum absolute atomic E-state index is 11.6. The van der Waals surface area contributed by atoms with Gasteiger partial charge in [-0.15, -0.1) is 0 Å². The lowest BCUT2D eigenvalue weighted by Crippen LogP contribution is -2.22. The van der Waals surface area contributed by atoms with Crippen LogP contribution >= 0.6 is 0 Å². The molecule has 0 aliphatic rings. The molecule has 0 saturated heterocycles. The topological polar surface area (TPSA) is 67.4 Å². The predicted octanol–water partition coefficient (Wildman–Crippen LogP) is 1.55. The first kappa shape index (κ1) is 14.0. The number of rotatable bonds is 6. The number of ether oxygens (including phenoxy) is 1. The number of para-hydroxylation sites is 2. The fourth-order valence-corrected chi connectivity index (χ4v) is 1.47. The van der Waals surface area contributed by atoms with E-state index in [0.717, 1.165) is 0 Å². The van der Waals surface area contributed by atoms with Gasteiger partial charge < -0.3 is 15.4 Å². The van der Waals surface area contributed by atoms with E-state index in [0.29, 0.717) is 30.8 Å². The third-order valence-corrected chi connectivity index (χ3v) is 2.34. The third kappa shape index (κ3) is 4.86. The fourth-order valence-electron chi connectivity index (χ4n) is 1.47. The van der Waals surface area contributed by atoms with Gasteiger partial charge in [0.25, 0.3) is 0 Å². The lowest BCUT2D eigenvalue weighted by molar-refractivity contribution is -0.119. The van der Waals surface area contributed by atoms with E-state index in [1.54, 1.807) is 19.2 Å². The van der Waals surface area contributed by atoms with Crippen molar-refractivity contribution in [2.45, 2.75) is 19.8 Å². The van der Waals surface area contributed by atoms with Crippen molar-refractivity contribution >= 4 is 17.5 Å². The van der Waals surface area contributed by atoms with Gasteiger partial charge in [0.1, 0.15) is 5.75 Å². The molecular formula is C13H18N2O3. The zero-order valence-corrected chi connectivity index (χ0v) is 10.7. The fraction of sp³-hybridized carbons (Fsp3) is 0.385. The summed E-state index contributed by atoms with van der Waals surface area (Å²) in [5, 5.41) is 5.42. The Kier molecular flexibility index (Phi) is 5.70. The summed E-state index contributed by atoms with van der Waals surface area (Å²) in [5.74, 6) is 0.456. The van der Waals surface area contributed by atoms with Crippen LogP contribution in [0.15, 0.2) is 24.3 Å². The van der Waals surface area contributed by atoms with Crippen LogP contribution in [-0.4, -0.2) is 25.5 Å². The molecule has 0 aromatic heterocycles. The minimum absolute atomic E-state index is 0.0832. The van der Waals surface area contributed by atoms with Gasteiger partial charge in [0, 0.05) is 19.9 Å². The number of carbonyl (C=O) groups excluding carboxylic acids is 2. The maximum atomic E-state index is 11.6. The van der Waals surface area contributed by atoms with E-state index in [1.165, 1.54) is 6.92 Å². The van der Waals surface area contributed by atoms with Crippen molar-refractivity contribution in [3.63, 3.8) is 0 Å². The molecule has 0 fully saturated rings. The van der Waals surface area contributed by atoms with Crippen molar-refractivity contribution in [3.8, 4) is 5.75 Å². The number of hydrogen-bond donors (Lipinski definition) is 2. The second kappa shape index (κ2) is 7.32. The summed E-state index contributed by atoms with van der Waals surface area (Å²) in [6, 6.07) is 7.23. The number of nitrogens with one attached hydrogen (secondary N) is 2. The molecule has 18 heavy (non-hydrogen) atoms. The van der Waals surface area contributed by atoms with Gasteiger partial charge in [-0.1, -0.05) is 12.1 Å². The molecule has 0 saturated carbocycles. The highest BCUT2D eigenvalue weighted by atomic mass is 16.5. The highest BCUT2D eigenvalue weighted by Gasteiger charge is 2.06. The van der Waals surface area contributed by atoms with E-state index < -0.39 is 0 Å². The number of methoxy groups -OCH3 is 1. The van der Waals surface area contributed by atoms with Gasteiger partial charge in [0.05, 0.1) is 12.8 Å². The van der Waals surface area contributed by atoms with Gasteiger partial charge in [-0.05, 0) is 18.6 Å². The summed E-state index contributed by atoms with van der Waals surface area (Å²) in [6.07, 6.45) is 0.971. The largest absolute Gasteiger partial charge is 0.495 e. The molecular weight excluding hydrogens is 232 g/mol. The molecule has 0 atom stereocenters. The smallest absolute Gasteiger partial charge is 0.224 e. The van der Waals surface area contributed by atoms with Gasteiger partial charge in [-0.2, -0.15) is 0 Å². The van der Waals surface area contributed by atoms with Crippen LogP contribution in [0.25, 0.3) is 0 Å². The summed E-state index contributed by atoms with van der Waals surface area (Å²) >= 11 is 0. The number of carbonyl (C=O) groups is 2. The van der Waals surface area contributed by atoms with Crippen LogP contribution in [0.4, 0.5) is 5.69 Å².